The zero-order valence-electron chi connectivity index (χ0n) is 28.8. The average molecular weight is 771 g/mol. The molecule has 2 aliphatic carbocycles. The Balaban J connectivity index is 0.000000162. The number of thioether (sulfide) groups is 1. The maximum atomic E-state index is 11.8. The van der Waals surface area contributed by atoms with Gasteiger partial charge < -0.3 is 16.2 Å². The fourth-order valence-corrected chi connectivity index (χ4v) is 10.4. The van der Waals surface area contributed by atoms with Crippen molar-refractivity contribution in [2.24, 2.45) is 11.5 Å². The first kappa shape index (κ1) is 36.3. The van der Waals surface area contributed by atoms with Crippen molar-refractivity contribution in [1.82, 2.24) is 20.4 Å². The lowest BCUT2D eigenvalue weighted by molar-refractivity contribution is 0.0987. The van der Waals surface area contributed by atoms with E-state index < -0.39 is 11.8 Å². The van der Waals surface area contributed by atoms with Gasteiger partial charge in [-0.15, -0.1) is 54.8 Å². The lowest BCUT2D eigenvalue weighted by atomic mass is 9.98. The van der Waals surface area contributed by atoms with Gasteiger partial charge in [-0.3, -0.25) is 9.59 Å². The van der Waals surface area contributed by atoms with E-state index in [2.05, 4.69) is 57.7 Å². The van der Waals surface area contributed by atoms with Crippen molar-refractivity contribution in [3.8, 4) is 26.8 Å². The standard InChI is InChI=1S/C20H21N3OS2.C19H18ClN3O2S/c1-12-7-9-13(10-8-12)16-11-15-18(26-16)17(19(21)24)22-23-20(15)25-14-5-3-2-4-6-14;20-12-8-6-11(7-9-12)15-10-14-17(26-15)16(18(21)24)22-23-19(14)25-13-4-2-1-3-5-13/h7-11,14H,2-6H2,1H3,(H2,21,24);6-10,13H,1-5H2,(H2,21,24). The molecular formula is C39H39ClN6O3S3. The maximum absolute atomic E-state index is 11.8. The Morgan fingerprint density at radius 2 is 1.23 bits per heavy atom. The van der Waals surface area contributed by atoms with Gasteiger partial charge in [0.2, 0.25) is 5.88 Å². The monoisotopic (exact) mass is 770 g/mol. The third-order valence-electron chi connectivity index (χ3n) is 9.43. The van der Waals surface area contributed by atoms with E-state index in [1.54, 1.807) is 23.1 Å². The molecule has 2 amide bonds. The van der Waals surface area contributed by atoms with Crippen molar-refractivity contribution in [1.29, 1.82) is 0 Å². The molecule has 0 saturated heterocycles. The molecule has 0 spiro atoms. The molecule has 8 rings (SSSR count). The van der Waals surface area contributed by atoms with Crippen molar-refractivity contribution in [3.05, 3.63) is 82.6 Å². The number of aryl methyl sites for hydroxylation is 1. The molecule has 2 aliphatic rings. The second-order valence-electron chi connectivity index (χ2n) is 13.3. The summed E-state index contributed by atoms with van der Waals surface area (Å²) in [5, 5.41) is 20.7. The molecule has 2 fully saturated rings. The van der Waals surface area contributed by atoms with E-state index in [1.807, 2.05) is 30.3 Å². The zero-order valence-corrected chi connectivity index (χ0v) is 32.0. The number of rotatable bonds is 8. The fraction of sp³-hybridized carbons (Fsp3) is 0.333. The molecule has 0 atom stereocenters. The van der Waals surface area contributed by atoms with Crippen molar-refractivity contribution in [2.75, 3.05) is 0 Å². The van der Waals surface area contributed by atoms with Gasteiger partial charge in [0.1, 0.15) is 11.1 Å². The van der Waals surface area contributed by atoms with Gasteiger partial charge in [0.15, 0.2) is 11.4 Å². The number of hydrogen-bond donors (Lipinski definition) is 2. The second kappa shape index (κ2) is 16.3. The van der Waals surface area contributed by atoms with Crippen molar-refractivity contribution >= 4 is 78.0 Å². The van der Waals surface area contributed by atoms with Gasteiger partial charge in [-0.1, -0.05) is 79.2 Å². The van der Waals surface area contributed by atoms with Gasteiger partial charge in [0.05, 0.1) is 14.8 Å². The third-order valence-corrected chi connectivity index (χ3v) is 13.4. The highest BCUT2D eigenvalue weighted by molar-refractivity contribution is 8.00. The first-order chi connectivity index (χ1) is 25.2. The minimum Gasteiger partial charge on any atom is -0.473 e. The van der Waals surface area contributed by atoms with E-state index >= 15 is 0 Å². The van der Waals surface area contributed by atoms with Crippen molar-refractivity contribution in [2.45, 2.75) is 87.5 Å². The summed E-state index contributed by atoms with van der Waals surface area (Å²) >= 11 is 10.8. The van der Waals surface area contributed by atoms with E-state index in [0.29, 0.717) is 20.9 Å². The summed E-state index contributed by atoms with van der Waals surface area (Å²) < 4.78 is 7.69. The number of fused-ring (bicyclic) bond motifs is 2. The number of benzene rings is 2. The number of aromatic nitrogens is 4. The van der Waals surface area contributed by atoms with Gasteiger partial charge in [-0.25, -0.2) is 0 Å². The van der Waals surface area contributed by atoms with Crippen molar-refractivity contribution < 1.29 is 14.3 Å². The lowest BCUT2D eigenvalue weighted by Gasteiger charge is -2.22. The summed E-state index contributed by atoms with van der Waals surface area (Å²) in [5.74, 6) is -0.626. The van der Waals surface area contributed by atoms with Crippen molar-refractivity contribution in [3.63, 3.8) is 0 Å². The van der Waals surface area contributed by atoms with Crippen LogP contribution < -0.4 is 16.2 Å². The number of ether oxygens (including phenoxy) is 1. The minimum atomic E-state index is -0.587. The number of carbonyl (C=O) groups excluding carboxylic acids is 2. The molecular weight excluding hydrogens is 732 g/mol. The number of primary amides is 2. The molecule has 9 nitrogen and oxygen atoms in total. The van der Waals surface area contributed by atoms with Gasteiger partial charge in [0.25, 0.3) is 11.8 Å². The topological polar surface area (TPSA) is 147 Å². The number of amides is 2. The first-order valence-corrected chi connectivity index (χ1v) is 20.5. The molecule has 0 bridgehead atoms. The molecule has 0 aliphatic heterocycles. The number of thiophene rings is 2. The maximum Gasteiger partial charge on any atom is 0.270 e. The molecule has 4 aromatic heterocycles. The number of halogens is 1. The molecule has 0 radical (unpaired) electrons. The largest absolute Gasteiger partial charge is 0.473 e. The number of carbonyl (C=O) groups is 2. The summed E-state index contributed by atoms with van der Waals surface area (Å²) in [4.78, 5) is 25.7. The number of nitrogens with zero attached hydrogens (tertiary/aromatic N) is 4. The average Bonchev–Trinajstić information content (AvgIpc) is 3.80. The van der Waals surface area contributed by atoms with E-state index in [1.165, 1.54) is 68.3 Å². The Kier molecular flexibility index (Phi) is 11.4. The van der Waals surface area contributed by atoms with Crippen LogP contribution in [0.3, 0.4) is 0 Å². The zero-order chi connectivity index (χ0) is 36.2. The molecule has 0 unspecified atom stereocenters. The van der Waals surface area contributed by atoms with Crippen LogP contribution in [0.15, 0.2) is 65.7 Å². The Labute approximate surface area is 319 Å². The molecule has 6 aromatic rings. The van der Waals surface area contributed by atoms with Crippen LogP contribution in [-0.4, -0.2) is 43.6 Å². The molecule has 2 saturated carbocycles. The number of hydrogen-bond acceptors (Lipinski definition) is 10. The Morgan fingerprint density at radius 1 is 0.712 bits per heavy atom. The molecule has 52 heavy (non-hydrogen) atoms. The normalized spacial score (nSPS) is 15.3. The van der Waals surface area contributed by atoms with E-state index in [4.69, 9.17) is 27.8 Å². The fourth-order valence-electron chi connectivity index (χ4n) is 6.64. The van der Waals surface area contributed by atoms with E-state index in [-0.39, 0.29) is 17.5 Å². The van der Waals surface area contributed by atoms with Crippen LogP contribution >= 0.6 is 46.0 Å². The van der Waals surface area contributed by atoms with Gasteiger partial charge in [-0.2, -0.15) is 0 Å². The highest BCUT2D eigenvalue weighted by Crippen LogP contribution is 2.42. The predicted octanol–water partition coefficient (Wildman–Crippen LogP) is 10.0. The van der Waals surface area contributed by atoms with Gasteiger partial charge in [0, 0.05) is 25.4 Å². The van der Waals surface area contributed by atoms with Crippen LogP contribution in [0, 0.1) is 6.92 Å². The SMILES string of the molecule is Cc1ccc(-c2cc3c(SC4CCCCC4)nnc(C(N)=O)c3s2)cc1.NC(=O)c1nnc(OC2CCCCC2)c2cc(-c3ccc(Cl)cc3)sc12. The van der Waals surface area contributed by atoms with Crippen LogP contribution in [-0.2, 0) is 0 Å². The van der Waals surface area contributed by atoms with Crippen LogP contribution in [0.25, 0.3) is 41.1 Å². The smallest absolute Gasteiger partial charge is 0.270 e. The molecule has 4 heterocycles. The highest BCUT2D eigenvalue weighted by atomic mass is 35.5. The van der Waals surface area contributed by atoms with Crippen LogP contribution in [0.2, 0.25) is 5.02 Å². The highest BCUT2D eigenvalue weighted by Gasteiger charge is 2.23. The second-order valence-corrected chi connectivity index (χ2v) is 17.1. The lowest BCUT2D eigenvalue weighted by Crippen LogP contribution is -2.21. The molecule has 13 heteroatoms. The minimum absolute atomic E-state index is 0.152. The van der Waals surface area contributed by atoms with Crippen LogP contribution in [0.5, 0.6) is 5.88 Å². The molecule has 2 aromatic carbocycles. The summed E-state index contributed by atoms with van der Waals surface area (Å²) in [5.41, 5.74) is 14.9. The van der Waals surface area contributed by atoms with Crippen LogP contribution in [0.4, 0.5) is 0 Å². The Bertz CT molecular complexity index is 2050. The van der Waals surface area contributed by atoms with E-state index in [0.717, 1.165) is 54.2 Å². The predicted molar refractivity (Wildman–Crippen MR) is 213 cm³/mol. The van der Waals surface area contributed by atoms with Gasteiger partial charge in [-0.05, 0) is 80.8 Å². The summed E-state index contributed by atoms with van der Waals surface area (Å²) in [6, 6.07) is 20.1. The summed E-state index contributed by atoms with van der Waals surface area (Å²) in [7, 11) is 0. The van der Waals surface area contributed by atoms with Gasteiger partial charge >= 0.3 is 0 Å². The molecule has 268 valence electrons. The third kappa shape index (κ3) is 8.25. The van der Waals surface area contributed by atoms with Crippen LogP contribution in [0.1, 0.15) is 90.7 Å². The number of nitrogens with two attached hydrogens (primary N) is 2. The molecule has 4 N–H and O–H groups in total. The van der Waals surface area contributed by atoms with E-state index in [9.17, 15) is 9.59 Å². The Hall–Kier alpha value is -4.10. The summed E-state index contributed by atoms with van der Waals surface area (Å²) in [6.07, 6.45) is 12.1. The summed E-state index contributed by atoms with van der Waals surface area (Å²) in [6.45, 7) is 2.08. The quantitative estimate of drug-likeness (QED) is 0.155. The first-order valence-electron chi connectivity index (χ1n) is 17.6. The Morgan fingerprint density at radius 3 is 1.83 bits per heavy atom.